The molecule has 2 N–H and O–H groups in total. The molecule has 10 heavy (non-hydrogen) atoms. The van der Waals surface area contributed by atoms with Gasteiger partial charge in [0.2, 0.25) is 0 Å². The summed E-state index contributed by atoms with van der Waals surface area (Å²) < 4.78 is 0. The van der Waals surface area contributed by atoms with E-state index in [1.165, 1.54) is 0 Å². The lowest BCUT2D eigenvalue weighted by molar-refractivity contribution is 0.558. The van der Waals surface area contributed by atoms with Gasteiger partial charge >= 0.3 is 0 Å². The van der Waals surface area contributed by atoms with Crippen LogP contribution in [-0.2, 0) is 0 Å². The lowest BCUT2D eigenvalue weighted by Gasteiger charge is -2.06. The largest absolute Gasteiger partial charge is 0.315 e. The van der Waals surface area contributed by atoms with Gasteiger partial charge in [-0.15, -0.1) is 0 Å². The quantitative estimate of drug-likeness (QED) is 0.335. The van der Waals surface area contributed by atoms with E-state index in [2.05, 4.69) is 20.7 Å². The minimum absolute atomic E-state index is 0.406. The van der Waals surface area contributed by atoms with Crippen molar-refractivity contribution in [1.29, 1.82) is 0 Å². The molecule has 0 aromatic carbocycles. The summed E-state index contributed by atoms with van der Waals surface area (Å²) in [5.41, 5.74) is 7.94. The van der Waals surface area contributed by atoms with Crippen LogP contribution in [-0.4, -0.2) is 25.8 Å². The van der Waals surface area contributed by atoms with Crippen LogP contribution in [0, 0.1) is 0 Å². The number of azide groups is 1. The van der Waals surface area contributed by atoms with Gasteiger partial charge in [0.05, 0.1) is 6.67 Å². The fourth-order valence-electron chi connectivity index (χ4n) is 1.03. The van der Waals surface area contributed by atoms with Gasteiger partial charge in [-0.05, 0) is 18.5 Å². The van der Waals surface area contributed by atoms with Crippen molar-refractivity contribution in [2.75, 3.05) is 19.8 Å². The summed E-state index contributed by atoms with van der Waals surface area (Å²) in [5.74, 6) is 0. The Labute approximate surface area is 59.4 Å². The molecule has 0 aliphatic carbocycles. The maximum Gasteiger partial charge on any atom is 0.0749 e. The van der Waals surface area contributed by atoms with Gasteiger partial charge in [0.25, 0.3) is 0 Å². The molecule has 1 aliphatic rings. The molecule has 0 unspecified atom stereocenters. The van der Waals surface area contributed by atoms with Crippen molar-refractivity contribution < 1.29 is 0 Å². The van der Waals surface area contributed by atoms with Crippen molar-refractivity contribution in [2.24, 2.45) is 5.11 Å². The van der Waals surface area contributed by atoms with E-state index in [-0.39, 0.29) is 0 Å². The Morgan fingerprint density at radius 3 is 3.30 bits per heavy atom. The van der Waals surface area contributed by atoms with Crippen molar-refractivity contribution in [3.05, 3.63) is 10.4 Å². The first-order valence-electron chi connectivity index (χ1n) is 3.38. The van der Waals surface area contributed by atoms with Gasteiger partial charge < -0.3 is 10.6 Å². The Morgan fingerprint density at radius 2 is 2.70 bits per heavy atom. The Hall–Kier alpha value is -0.770. The fraction of sp³-hybridized carbons (Fsp3) is 1.00. The molecule has 0 aromatic heterocycles. The molecule has 1 heterocycles. The topological polar surface area (TPSA) is 72.8 Å². The summed E-state index contributed by atoms with van der Waals surface area (Å²) in [6.45, 7) is 2.46. The molecule has 1 aliphatic heterocycles. The molecule has 1 atom stereocenters. The third kappa shape index (κ3) is 2.23. The molecule has 0 bridgehead atoms. The molecule has 5 nitrogen and oxygen atoms in total. The molecule has 0 amide bonds. The van der Waals surface area contributed by atoms with E-state index in [4.69, 9.17) is 5.53 Å². The van der Waals surface area contributed by atoms with Crippen molar-refractivity contribution >= 4 is 0 Å². The van der Waals surface area contributed by atoms with Crippen molar-refractivity contribution in [1.82, 2.24) is 10.6 Å². The van der Waals surface area contributed by atoms with Crippen LogP contribution in [0.4, 0.5) is 0 Å². The highest BCUT2D eigenvalue weighted by Gasteiger charge is 2.11. The van der Waals surface area contributed by atoms with Crippen LogP contribution in [0.25, 0.3) is 10.4 Å². The molecule has 1 rings (SSSR count). The third-order valence-corrected chi connectivity index (χ3v) is 1.57. The summed E-state index contributed by atoms with van der Waals surface area (Å²) in [7, 11) is 0. The third-order valence-electron chi connectivity index (χ3n) is 1.57. The van der Waals surface area contributed by atoms with Crippen molar-refractivity contribution in [3.63, 3.8) is 0 Å². The fourth-order valence-corrected chi connectivity index (χ4v) is 1.03. The lowest BCUT2D eigenvalue weighted by Crippen LogP contribution is -2.30. The number of rotatable bonds is 3. The van der Waals surface area contributed by atoms with Gasteiger partial charge in [-0.3, -0.25) is 0 Å². The van der Waals surface area contributed by atoms with Crippen LogP contribution >= 0.6 is 0 Å². The molecule has 0 aromatic rings. The van der Waals surface area contributed by atoms with E-state index in [1.54, 1.807) is 0 Å². The first kappa shape index (κ1) is 7.34. The lowest BCUT2D eigenvalue weighted by atomic mass is 10.3. The average Bonchev–Trinajstić information content (AvgIpc) is 2.41. The van der Waals surface area contributed by atoms with Gasteiger partial charge in [0.15, 0.2) is 0 Å². The van der Waals surface area contributed by atoms with Crippen LogP contribution in [0.5, 0.6) is 0 Å². The zero-order valence-electron chi connectivity index (χ0n) is 5.75. The normalized spacial score (nSPS) is 24.2. The zero-order chi connectivity index (χ0) is 7.23. The van der Waals surface area contributed by atoms with Gasteiger partial charge in [0, 0.05) is 17.5 Å². The zero-order valence-corrected chi connectivity index (χ0v) is 5.75. The van der Waals surface area contributed by atoms with Gasteiger partial charge in [-0.25, -0.2) is 0 Å². The van der Waals surface area contributed by atoms with E-state index >= 15 is 0 Å². The maximum absolute atomic E-state index is 7.94. The van der Waals surface area contributed by atoms with Gasteiger partial charge in [-0.1, -0.05) is 5.11 Å². The van der Waals surface area contributed by atoms with Crippen LogP contribution in [0.1, 0.15) is 6.42 Å². The summed E-state index contributed by atoms with van der Waals surface area (Å²) in [4.78, 5) is 2.64. The molecule has 1 fully saturated rings. The number of hydrogen-bond acceptors (Lipinski definition) is 3. The predicted octanol–water partition coefficient (Wildman–Crippen LogP) is 0.206. The van der Waals surface area contributed by atoms with Gasteiger partial charge in [-0.2, -0.15) is 0 Å². The molecule has 1 saturated heterocycles. The summed E-state index contributed by atoms with van der Waals surface area (Å²) in [6.07, 6.45) is 1.13. The monoisotopic (exact) mass is 141 g/mol. The molecule has 5 heteroatoms. The second kappa shape index (κ2) is 4.11. The van der Waals surface area contributed by atoms with Crippen LogP contribution < -0.4 is 10.6 Å². The van der Waals surface area contributed by atoms with Gasteiger partial charge in [0.1, 0.15) is 0 Å². The average molecular weight is 141 g/mol. The standard InChI is InChI=1S/C5H11N5/c6-10-9-4-8-5-1-2-7-3-5/h5,7-8H,1-4H2/t5-/m0/s1. The summed E-state index contributed by atoms with van der Waals surface area (Å²) >= 11 is 0. The van der Waals surface area contributed by atoms with E-state index in [9.17, 15) is 0 Å². The van der Waals surface area contributed by atoms with Crippen LogP contribution in [0.3, 0.4) is 0 Å². The van der Waals surface area contributed by atoms with E-state index in [0.717, 1.165) is 19.5 Å². The number of nitrogens with one attached hydrogen (secondary N) is 2. The van der Waals surface area contributed by atoms with Crippen molar-refractivity contribution in [3.8, 4) is 0 Å². The highest BCUT2D eigenvalue weighted by Crippen LogP contribution is 1.95. The Morgan fingerprint density at radius 1 is 1.80 bits per heavy atom. The Balaban J connectivity index is 2.06. The second-order valence-electron chi connectivity index (χ2n) is 2.28. The predicted molar refractivity (Wildman–Crippen MR) is 38.4 cm³/mol. The van der Waals surface area contributed by atoms with E-state index in [0.29, 0.717) is 12.7 Å². The first-order valence-corrected chi connectivity index (χ1v) is 3.38. The summed E-state index contributed by atoms with van der Waals surface area (Å²) in [6, 6.07) is 0.491. The molecule has 0 radical (unpaired) electrons. The highest BCUT2D eigenvalue weighted by atomic mass is 15.2. The minimum Gasteiger partial charge on any atom is -0.315 e. The molecule has 0 spiro atoms. The van der Waals surface area contributed by atoms with Crippen molar-refractivity contribution in [2.45, 2.75) is 12.5 Å². The second-order valence-corrected chi connectivity index (χ2v) is 2.28. The Kier molecular flexibility index (Phi) is 3.02. The maximum atomic E-state index is 7.94. The highest BCUT2D eigenvalue weighted by molar-refractivity contribution is 4.76. The first-order chi connectivity index (χ1) is 4.93. The SMILES string of the molecule is [N-]=[N+]=NCN[C@H]1CCNC1. The number of hydrogen-bond donors (Lipinski definition) is 2. The van der Waals surface area contributed by atoms with E-state index in [1.807, 2.05) is 0 Å². The van der Waals surface area contributed by atoms with E-state index < -0.39 is 0 Å². The summed E-state index contributed by atoms with van der Waals surface area (Å²) in [5, 5.41) is 9.68. The smallest absolute Gasteiger partial charge is 0.0749 e. The molecular weight excluding hydrogens is 130 g/mol. The van der Waals surface area contributed by atoms with Crippen LogP contribution in [0.2, 0.25) is 0 Å². The van der Waals surface area contributed by atoms with Crippen LogP contribution in [0.15, 0.2) is 5.11 Å². The Bertz CT molecular complexity index is 133. The molecule has 56 valence electrons. The molecular formula is C5H11N5. The number of nitrogens with zero attached hydrogens (tertiary/aromatic N) is 3. The molecule has 0 saturated carbocycles. The minimum atomic E-state index is 0.406.